The second-order valence-electron chi connectivity index (χ2n) is 4.18. The van der Waals surface area contributed by atoms with Gasteiger partial charge in [0.25, 0.3) is 11.7 Å². The Kier molecular flexibility index (Phi) is 2.83. The highest BCUT2D eigenvalue weighted by Crippen LogP contribution is 2.34. The van der Waals surface area contributed by atoms with Gasteiger partial charge in [0, 0.05) is 11.5 Å². The molecule has 1 amide bonds. The summed E-state index contributed by atoms with van der Waals surface area (Å²) in [6.45, 7) is 2.02. The number of nitrogens with zero attached hydrogens (tertiary/aromatic N) is 3. The van der Waals surface area contributed by atoms with Crippen LogP contribution < -0.4 is 4.90 Å². The molecule has 1 aromatic carbocycles. The number of halogens is 1. The molecule has 2 aromatic rings. The number of Topliss-reactive ketones (excluding diaryl/α,β-unsaturated/α-hetero) is 1. The van der Waals surface area contributed by atoms with Crippen molar-refractivity contribution >= 4 is 40.5 Å². The first kappa shape index (κ1) is 12.3. The normalized spacial score (nSPS) is 14.1. The van der Waals surface area contributed by atoms with Crippen molar-refractivity contribution in [1.82, 2.24) is 9.59 Å². The monoisotopic (exact) mass is 293 g/mol. The third-order valence-corrected chi connectivity index (χ3v) is 3.99. The average Bonchev–Trinajstić information content (AvgIpc) is 2.89. The Hall–Kier alpha value is -1.79. The van der Waals surface area contributed by atoms with E-state index in [0.29, 0.717) is 21.3 Å². The lowest BCUT2D eigenvalue weighted by Crippen LogP contribution is -2.29. The van der Waals surface area contributed by atoms with Crippen molar-refractivity contribution < 1.29 is 9.59 Å². The van der Waals surface area contributed by atoms with Crippen LogP contribution in [0.5, 0.6) is 0 Å². The number of fused-ring (bicyclic) bond motifs is 1. The maximum atomic E-state index is 12.0. The number of ketones is 1. The molecule has 0 bridgehead atoms. The Morgan fingerprint density at radius 2 is 2.16 bits per heavy atom. The number of hydrogen-bond acceptors (Lipinski definition) is 5. The molecule has 0 saturated carbocycles. The fourth-order valence-corrected chi connectivity index (χ4v) is 2.74. The number of aromatic nitrogens is 2. The van der Waals surface area contributed by atoms with Crippen LogP contribution in [-0.4, -0.2) is 21.3 Å². The van der Waals surface area contributed by atoms with E-state index in [1.54, 1.807) is 12.1 Å². The molecular formula is C12H8ClN3O2S. The van der Waals surface area contributed by atoms with Crippen LogP contribution in [0.1, 0.15) is 21.6 Å². The highest BCUT2D eigenvalue weighted by Gasteiger charge is 2.37. The summed E-state index contributed by atoms with van der Waals surface area (Å²) in [4.78, 5) is 25.4. The highest BCUT2D eigenvalue weighted by molar-refractivity contribution is 7.10. The van der Waals surface area contributed by atoms with Crippen LogP contribution in [-0.2, 0) is 11.3 Å². The summed E-state index contributed by atoms with van der Waals surface area (Å²) in [5, 5.41) is 3.87. The molecule has 0 radical (unpaired) electrons. The lowest BCUT2D eigenvalue weighted by Gasteiger charge is -2.16. The zero-order valence-electron chi connectivity index (χ0n) is 9.88. The van der Waals surface area contributed by atoms with Crippen LogP contribution in [0, 0.1) is 6.92 Å². The molecule has 7 heteroatoms. The van der Waals surface area contributed by atoms with Crippen LogP contribution >= 0.6 is 23.1 Å². The molecule has 19 heavy (non-hydrogen) atoms. The topological polar surface area (TPSA) is 63.2 Å². The summed E-state index contributed by atoms with van der Waals surface area (Å²) in [6.07, 6.45) is 0. The van der Waals surface area contributed by atoms with Gasteiger partial charge in [0.15, 0.2) is 0 Å². The van der Waals surface area contributed by atoms with Crippen molar-refractivity contribution in [2.75, 3.05) is 4.90 Å². The summed E-state index contributed by atoms with van der Waals surface area (Å²) in [5.74, 6) is -1.04. The van der Waals surface area contributed by atoms with Crippen LogP contribution in [0.25, 0.3) is 0 Å². The van der Waals surface area contributed by atoms with E-state index in [-0.39, 0.29) is 6.54 Å². The summed E-state index contributed by atoms with van der Waals surface area (Å²) < 4.78 is 4.16. The zero-order chi connectivity index (χ0) is 13.6. The second kappa shape index (κ2) is 4.40. The van der Waals surface area contributed by atoms with E-state index in [4.69, 9.17) is 11.6 Å². The fraction of sp³-hybridized carbons (Fsp3) is 0.167. The van der Waals surface area contributed by atoms with Gasteiger partial charge in [-0.15, -0.1) is 5.10 Å². The first-order chi connectivity index (χ1) is 9.09. The number of benzene rings is 1. The largest absolute Gasteiger partial charge is 0.299 e. The Labute approximate surface area is 118 Å². The molecule has 1 aliphatic rings. The Bertz CT molecular complexity index is 698. The molecule has 0 fully saturated rings. The number of aryl methyl sites for hydroxylation is 1. The standard InChI is InChI=1S/C12H8ClN3O2S/c1-6-3-2-4-7-9(6)16(12(18)10(7)17)5-8-11(13)19-15-14-8/h2-4H,5H2,1H3. The van der Waals surface area contributed by atoms with Gasteiger partial charge < -0.3 is 0 Å². The van der Waals surface area contributed by atoms with E-state index in [9.17, 15) is 9.59 Å². The van der Waals surface area contributed by atoms with Crippen molar-refractivity contribution in [1.29, 1.82) is 0 Å². The van der Waals surface area contributed by atoms with Crippen LogP contribution in [0.2, 0.25) is 4.34 Å². The number of rotatable bonds is 2. The van der Waals surface area contributed by atoms with Crippen molar-refractivity contribution in [2.45, 2.75) is 13.5 Å². The van der Waals surface area contributed by atoms with Crippen molar-refractivity contribution in [3.05, 3.63) is 39.4 Å². The minimum absolute atomic E-state index is 0.164. The van der Waals surface area contributed by atoms with Gasteiger partial charge in [0.05, 0.1) is 17.8 Å². The van der Waals surface area contributed by atoms with Gasteiger partial charge in [-0.2, -0.15) is 0 Å². The molecule has 96 valence electrons. The van der Waals surface area contributed by atoms with E-state index < -0.39 is 11.7 Å². The van der Waals surface area contributed by atoms with Gasteiger partial charge in [-0.1, -0.05) is 28.2 Å². The number of anilines is 1. The van der Waals surface area contributed by atoms with E-state index in [1.807, 2.05) is 13.0 Å². The molecule has 5 nitrogen and oxygen atoms in total. The SMILES string of the molecule is Cc1cccc2c1N(Cc1nnsc1Cl)C(=O)C2=O. The predicted octanol–water partition coefficient (Wildman–Crippen LogP) is 2.23. The molecule has 0 aliphatic carbocycles. The lowest BCUT2D eigenvalue weighted by atomic mass is 10.1. The number of amides is 1. The predicted molar refractivity (Wildman–Crippen MR) is 71.6 cm³/mol. The summed E-state index contributed by atoms with van der Waals surface area (Å²) in [5.41, 5.74) is 2.45. The molecule has 0 unspecified atom stereocenters. The minimum Gasteiger partial charge on any atom is -0.298 e. The Balaban J connectivity index is 2.07. The molecular weight excluding hydrogens is 286 g/mol. The molecule has 1 aliphatic heterocycles. The van der Waals surface area contributed by atoms with Gasteiger partial charge >= 0.3 is 0 Å². The van der Waals surface area contributed by atoms with Crippen molar-refractivity contribution in [2.24, 2.45) is 0 Å². The molecule has 1 aromatic heterocycles. The van der Waals surface area contributed by atoms with E-state index in [1.165, 1.54) is 4.90 Å². The molecule has 3 rings (SSSR count). The summed E-state index contributed by atoms with van der Waals surface area (Å²) in [7, 11) is 0. The number of para-hydroxylation sites is 1. The molecule has 0 atom stereocenters. The van der Waals surface area contributed by atoms with Gasteiger partial charge in [-0.3, -0.25) is 14.5 Å². The van der Waals surface area contributed by atoms with Crippen molar-refractivity contribution in [3.8, 4) is 0 Å². The first-order valence-electron chi connectivity index (χ1n) is 5.52. The maximum absolute atomic E-state index is 12.0. The number of hydrogen-bond donors (Lipinski definition) is 0. The van der Waals surface area contributed by atoms with Gasteiger partial charge in [0.1, 0.15) is 10.0 Å². The lowest BCUT2D eigenvalue weighted by molar-refractivity contribution is -0.114. The highest BCUT2D eigenvalue weighted by atomic mass is 35.5. The molecule has 2 heterocycles. The van der Waals surface area contributed by atoms with E-state index in [2.05, 4.69) is 9.59 Å². The summed E-state index contributed by atoms with van der Waals surface area (Å²) >= 11 is 7.00. The van der Waals surface area contributed by atoms with Crippen LogP contribution in [0.4, 0.5) is 5.69 Å². The molecule has 0 N–H and O–H groups in total. The zero-order valence-corrected chi connectivity index (χ0v) is 11.5. The molecule has 0 spiro atoms. The summed E-state index contributed by atoms with van der Waals surface area (Å²) in [6, 6.07) is 5.28. The number of carbonyl (C=O) groups excluding carboxylic acids is 2. The van der Waals surface area contributed by atoms with Crippen LogP contribution in [0.15, 0.2) is 18.2 Å². The van der Waals surface area contributed by atoms with Gasteiger partial charge in [-0.25, -0.2) is 0 Å². The third-order valence-electron chi connectivity index (χ3n) is 3.01. The minimum atomic E-state index is -0.548. The first-order valence-corrected chi connectivity index (χ1v) is 6.67. The smallest absolute Gasteiger partial charge is 0.298 e. The third kappa shape index (κ3) is 1.84. The quantitative estimate of drug-likeness (QED) is 0.797. The average molecular weight is 294 g/mol. The molecule has 0 saturated heterocycles. The fourth-order valence-electron chi connectivity index (χ4n) is 2.13. The van der Waals surface area contributed by atoms with Crippen molar-refractivity contribution in [3.63, 3.8) is 0 Å². The van der Waals surface area contributed by atoms with E-state index >= 15 is 0 Å². The number of carbonyl (C=O) groups is 2. The maximum Gasteiger partial charge on any atom is 0.299 e. The van der Waals surface area contributed by atoms with Gasteiger partial charge in [0.2, 0.25) is 0 Å². The Morgan fingerprint density at radius 1 is 1.37 bits per heavy atom. The Morgan fingerprint density at radius 3 is 2.84 bits per heavy atom. The second-order valence-corrected chi connectivity index (χ2v) is 5.54. The van der Waals surface area contributed by atoms with Crippen LogP contribution in [0.3, 0.4) is 0 Å². The van der Waals surface area contributed by atoms with E-state index in [0.717, 1.165) is 17.1 Å². The van der Waals surface area contributed by atoms with Gasteiger partial charge in [-0.05, 0) is 18.6 Å².